The molecule has 0 aliphatic rings. The van der Waals surface area contributed by atoms with Crippen LogP contribution in [0, 0.1) is 11.8 Å². The van der Waals surface area contributed by atoms with Gasteiger partial charge in [0.25, 0.3) is 0 Å². The Morgan fingerprint density at radius 2 is 1.79 bits per heavy atom. The van der Waals surface area contributed by atoms with E-state index in [1.807, 2.05) is 13.0 Å². The van der Waals surface area contributed by atoms with Crippen molar-refractivity contribution < 1.29 is 4.79 Å². The van der Waals surface area contributed by atoms with Crippen LogP contribution in [0.3, 0.4) is 0 Å². The number of carbonyl (C=O) groups is 1. The van der Waals surface area contributed by atoms with Crippen molar-refractivity contribution in [2.45, 2.75) is 66.2 Å². The Balaban J connectivity index is 3.78. The summed E-state index contributed by atoms with van der Waals surface area (Å²) in [5, 5.41) is -0.403. The van der Waals surface area contributed by atoms with E-state index in [1.165, 1.54) is 38.2 Å². The topological polar surface area (TPSA) is 17.1 Å². The largest absolute Gasteiger partial charge is 0.276 e. The van der Waals surface area contributed by atoms with E-state index in [-0.39, 0.29) is 0 Å². The standard InChI is InChI=1S/C17H29ClO/c1-5-8-14(2)9-6-10-15(3)11-7-12-16(4)13-17(18)19/h7,12-15H,5-6,8-11H2,1-4H3. The summed E-state index contributed by atoms with van der Waals surface area (Å²) in [6.45, 7) is 8.80. The first kappa shape index (κ1) is 18.4. The van der Waals surface area contributed by atoms with Crippen molar-refractivity contribution in [1.29, 1.82) is 0 Å². The monoisotopic (exact) mass is 284 g/mol. The second-order valence-corrected chi connectivity index (χ2v) is 6.13. The summed E-state index contributed by atoms with van der Waals surface area (Å²) in [4.78, 5) is 10.7. The minimum Gasteiger partial charge on any atom is -0.276 e. The predicted molar refractivity (Wildman–Crippen MR) is 85.5 cm³/mol. The van der Waals surface area contributed by atoms with Crippen LogP contribution < -0.4 is 0 Å². The van der Waals surface area contributed by atoms with E-state index in [1.54, 1.807) is 0 Å². The van der Waals surface area contributed by atoms with Crippen molar-refractivity contribution in [3.8, 4) is 0 Å². The van der Waals surface area contributed by atoms with Crippen molar-refractivity contribution in [3.05, 3.63) is 23.8 Å². The average molecular weight is 285 g/mol. The van der Waals surface area contributed by atoms with E-state index in [0.717, 1.165) is 17.9 Å². The second kappa shape index (κ2) is 11.3. The van der Waals surface area contributed by atoms with Gasteiger partial charge in [0.15, 0.2) is 0 Å². The van der Waals surface area contributed by atoms with Crippen molar-refractivity contribution in [2.75, 3.05) is 0 Å². The molecule has 0 rings (SSSR count). The third-order valence-corrected chi connectivity index (χ3v) is 3.54. The summed E-state index contributed by atoms with van der Waals surface area (Å²) in [6, 6.07) is 0. The molecule has 0 aromatic heterocycles. The molecule has 0 aliphatic carbocycles. The van der Waals surface area contributed by atoms with Gasteiger partial charge in [-0.3, -0.25) is 4.79 Å². The third-order valence-electron chi connectivity index (χ3n) is 3.44. The lowest BCUT2D eigenvalue weighted by Gasteiger charge is -2.12. The molecule has 0 amide bonds. The first-order chi connectivity index (χ1) is 8.95. The molecule has 1 nitrogen and oxygen atoms in total. The van der Waals surface area contributed by atoms with E-state index in [4.69, 9.17) is 11.6 Å². The van der Waals surface area contributed by atoms with Crippen molar-refractivity contribution in [1.82, 2.24) is 0 Å². The third kappa shape index (κ3) is 12.2. The Kier molecular flexibility index (Phi) is 10.9. The summed E-state index contributed by atoms with van der Waals surface area (Å²) >= 11 is 5.29. The Hall–Kier alpha value is -0.560. The lowest BCUT2D eigenvalue weighted by molar-refractivity contribution is -0.107. The molecule has 0 aliphatic heterocycles. The predicted octanol–water partition coefficient (Wildman–Crippen LogP) is 5.89. The Morgan fingerprint density at radius 3 is 2.37 bits per heavy atom. The zero-order valence-electron chi connectivity index (χ0n) is 12.9. The molecule has 19 heavy (non-hydrogen) atoms. The molecule has 0 saturated heterocycles. The minimum absolute atomic E-state index is 0.403. The molecule has 0 fully saturated rings. The molecule has 0 spiro atoms. The Morgan fingerprint density at radius 1 is 1.16 bits per heavy atom. The van der Waals surface area contributed by atoms with Gasteiger partial charge in [-0.1, -0.05) is 65.0 Å². The van der Waals surface area contributed by atoms with E-state index >= 15 is 0 Å². The molecule has 0 bridgehead atoms. The Labute approximate surface area is 124 Å². The zero-order chi connectivity index (χ0) is 14.7. The maximum absolute atomic E-state index is 10.7. The van der Waals surface area contributed by atoms with E-state index < -0.39 is 5.24 Å². The molecule has 0 aromatic rings. The van der Waals surface area contributed by atoms with Crippen molar-refractivity contribution >= 4 is 16.8 Å². The molecule has 0 saturated carbocycles. The fraction of sp³-hybridized carbons (Fsp3) is 0.706. The zero-order valence-corrected chi connectivity index (χ0v) is 13.7. The summed E-state index contributed by atoms with van der Waals surface area (Å²) in [7, 11) is 0. The van der Waals surface area contributed by atoms with Crippen LogP contribution in [-0.2, 0) is 4.79 Å². The molecular weight excluding hydrogens is 256 g/mol. The second-order valence-electron chi connectivity index (χ2n) is 5.76. The van der Waals surface area contributed by atoms with Gasteiger partial charge >= 0.3 is 0 Å². The number of halogens is 1. The maximum Gasteiger partial charge on any atom is 0.245 e. The number of hydrogen-bond donors (Lipinski definition) is 0. The van der Waals surface area contributed by atoms with Gasteiger partial charge in [-0.25, -0.2) is 0 Å². The van der Waals surface area contributed by atoms with Crippen LogP contribution in [-0.4, -0.2) is 5.24 Å². The van der Waals surface area contributed by atoms with Gasteiger partial charge in [0.05, 0.1) is 0 Å². The van der Waals surface area contributed by atoms with Crippen LogP contribution in [0.25, 0.3) is 0 Å². The fourth-order valence-corrected chi connectivity index (χ4v) is 2.46. The highest BCUT2D eigenvalue weighted by atomic mass is 35.5. The molecule has 0 radical (unpaired) electrons. The lowest BCUT2D eigenvalue weighted by atomic mass is 9.94. The quantitative estimate of drug-likeness (QED) is 0.278. The van der Waals surface area contributed by atoms with Crippen molar-refractivity contribution in [2.24, 2.45) is 11.8 Å². The van der Waals surface area contributed by atoms with Crippen LogP contribution in [0.4, 0.5) is 0 Å². The molecule has 0 N–H and O–H groups in total. The van der Waals surface area contributed by atoms with Gasteiger partial charge in [0.1, 0.15) is 0 Å². The molecule has 2 heteroatoms. The van der Waals surface area contributed by atoms with Crippen molar-refractivity contribution in [3.63, 3.8) is 0 Å². The first-order valence-electron chi connectivity index (χ1n) is 7.50. The number of allylic oxidation sites excluding steroid dienone is 4. The number of carbonyl (C=O) groups excluding carboxylic acids is 1. The van der Waals surface area contributed by atoms with Gasteiger partial charge in [-0.05, 0) is 42.4 Å². The smallest absolute Gasteiger partial charge is 0.245 e. The van der Waals surface area contributed by atoms with Gasteiger partial charge in [0.2, 0.25) is 5.24 Å². The molecule has 0 heterocycles. The molecular formula is C17H29ClO. The first-order valence-corrected chi connectivity index (χ1v) is 7.87. The van der Waals surface area contributed by atoms with Gasteiger partial charge in [-0.2, -0.15) is 0 Å². The van der Waals surface area contributed by atoms with Gasteiger partial charge < -0.3 is 0 Å². The van der Waals surface area contributed by atoms with E-state index in [2.05, 4.69) is 26.8 Å². The Bertz CT molecular complexity index is 304. The van der Waals surface area contributed by atoms with E-state index in [0.29, 0.717) is 5.92 Å². The molecule has 0 aromatic carbocycles. The van der Waals surface area contributed by atoms with Crippen LogP contribution in [0.2, 0.25) is 0 Å². The molecule has 2 atom stereocenters. The normalized spacial score (nSPS) is 15.7. The highest BCUT2D eigenvalue weighted by Gasteiger charge is 2.03. The van der Waals surface area contributed by atoms with Gasteiger partial charge in [0, 0.05) is 6.08 Å². The summed E-state index contributed by atoms with van der Waals surface area (Å²) in [5.41, 5.74) is 0.920. The maximum atomic E-state index is 10.7. The van der Waals surface area contributed by atoms with Gasteiger partial charge in [-0.15, -0.1) is 0 Å². The number of hydrogen-bond acceptors (Lipinski definition) is 1. The highest BCUT2D eigenvalue weighted by Crippen LogP contribution is 2.18. The summed E-state index contributed by atoms with van der Waals surface area (Å²) in [5.74, 6) is 1.58. The molecule has 110 valence electrons. The van der Waals surface area contributed by atoms with Crippen LogP contribution >= 0.6 is 11.6 Å². The summed E-state index contributed by atoms with van der Waals surface area (Å²) in [6.07, 6.45) is 13.3. The van der Waals surface area contributed by atoms with Crippen LogP contribution in [0.5, 0.6) is 0 Å². The van der Waals surface area contributed by atoms with Crippen LogP contribution in [0.15, 0.2) is 23.8 Å². The SMILES string of the molecule is CCCC(C)CCCC(C)CC=CC(C)=CC(=O)Cl. The number of rotatable bonds is 10. The summed E-state index contributed by atoms with van der Waals surface area (Å²) < 4.78 is 0. The average Bonchev–Trinajstić information content (AvgIpc) is 2.28. The van der Waals surface area contributed by atoms with E-state index in [9.17, 15) is 4.79 Å². The highest BCUT2D eigenvalue weighted by molar-refractivity contribution is 6.66. The fourth-order valence-electron chi connectivity index (χ4n) is 2.28. The molecule has 2 unspecified atom stereocenters. The lowest BCUT2D eigenvalue weighted by Crippen LogP contribution is -1.97. The van der Waals surface area contributed by atoms with Crippen LogP contribution in [0.1, 0.15) is 66.2 Å². The minimum atomic E-state index is -0.403.